The molecule has 0 radical (unpaired) electrons. The van der Waals surface area contributed by atoms with Crippen molar-refractivity contribution in [3.8, 4) is 0 Å². The van der Waals surface area contributed by atoms with Crippen LogP contribution in [0.5, 0.6) is 0 Å². The third-order valence-electron chi connectivity index (χ3n) is 0.264. The Kier molecular flexibility index (Phi) is 12.6. The highest BCUT2D eigenvalue weighted by Crippen LogP contribution is 1.68. The summed E-state index contributed by atoms with van der Waals surface area (Å²) in [5.41, 5.74) is 4.50. The number of aliphatic hydroxyl groups excluding tert-OH is 2. The van der Waals surface area contributed by atoms with Crippen LogP contribution >= 0.6 is 0 Å². The van der Waals surface area contributed by atoms with Crippen molar-refractivity contribution in [3.05, 3.63) is 4.91 Å². The Labute approximate surface area is 41.5 Å². The molecule has 0 aromatic carbocycles. The summed E-state index contributed by atoms with van der Waals surface area (Å²) < 4.78 is 0. The summed E-state index contributed by atoms with van der Waals surface area (Å²) in [6.45, 7) is 1.39. The minimum Gasteiger partial charge on any atom is -0.394 e. The largest absolute Gasteiger partial charge is 0.394 e. The summed E-state index contributed by atoms with van der Waals surface area (Å²) in [6, 6.07) is 0. The lowest BCUT2D eigenvalue weighted by Crippen LogP contribution is -2.03. The van der Waals surface area contributed by atoms with Gasteiger partial charge in [-0.05, 0) is 6.92 Å². The summed E-state index contributed by atoms with van der Waals surface area (Å²) in [5, 5.41) is 16.0. The smallest absolute Gasteiger partial charge is 0.0742 e. The first-order chi connectivity index (χ1) is 3.27. The molecule has 0 fully saturated rings. The molecule has 0 saturated carbocycles. The molecule has 44 valence electrons. The lowest BCUT2D eigenvalue weighted by Gasteiger charge is -1.90. The van der Waals surface area contributed by atoms with Gasteiger partial charge in [0.15, 0.2) is 0 Å². The zero-order chi connectivity index (χ0) is 6.28. The maximum absolute atomic E-state index is 8.11. The average Bonchev–Trinajstić information content (AvgIpc) is 1.73. The molecule has 7 heavy (non-hydrogen) atoms. The van der Waals surface area contributed by atoms with E-state index in [2.05, 4.69) is 5.59 Å². The predicted octanol–water partition coefficient (Wildman–Crippen LogP) is -0.309. The maximum atomic E-state index is 8.11. The third-order valence-corrected chi connectivity index (χ3v) is 0.264. The van der Waals surface area contributed by atoms with Crippen molar-refractivity contribution in [1.82, 2.24) is 0 Å². The van der Waals surface area contributed by atoms with E-state index >= 15 is 0 Å². The van der Waals surface area contributed by atoms with Gasteiger partial charge in [-0.2, -0.15) is 4.91 Å². The van der Waals surface area contributed by atoms with Crippen molar-refractivity contribution in [1.29, 1.82) is 5.59 Å². The fourth-order valence-corrected chi connectivity index (χ4v) is 0. The van der Waals surface area contributed by atoms with Gasteiger partial charge in [-0.3, -0.25) is 0 Å². The first kappa shape index (κ1) is 9.72. The van der Waals surface area contributed by atoms with Crippen molar-refractivity contribution >= 4 is 0 Å². The lowest BCUT2D eigenvalue weighted by atomic mass is 10.5. The van der Waals surface area contributed by atoms with Gasteiger partial charge in [0.25, 0.3) is 0 Å². The van der Waals surface area contributed by atoms with Gasteiger partial charge in [-0.25, -0.2) is 0 Å². The molecule has 0 aromatic heterocycles. The van der Waals surface area contributed by atoms with Crippen LogP contribution < -0.4 is 0 Å². The summed E-state index contributed by atoms with van der Waals surface area (Å²) in [6.07, 6.45) is -0.560. The van der Waals surface area contributed by atoms with Crippen molar-refractivity contribution in [3.63, 3.8) is 0 Å². The fourth-order valence-electron chi connectivity index (χ4n) is 0. The summed E-state index contributed by atoms with van der Waals surface area (Å²) in [4.78, 5) is 7.50. The van der Waals surface area contributed by atoms with E-state index in [0.29, 0.717) is 0 Å². The number of nitrogens with one attached hydrogen (secondary N) is 1. The number of hydrogen-bond acceptors (Lipinski definition) is 4. The molecule has 0 aliphatic rings. The van der Waals surface area contributed by atoms with Crippen LogP contribution in [0.15, 0.2) is 0 Å². The Balaban J connectivity index is 0. The third kappa shape index (κ3) is 29.6. The van der Waals surface area contributed by atoms with Crippen molar-refractivity contribution in [2.45, 2.75) is 13.0 Å². The normalized spacial score (nSPS) is 11.3. The molecule has 0 amide bonds. The van der Waals surface area contributed by atoms with E-state index in [1.165, 1.54) is 6.92 Å². The van der Waals surface area contributed by atoms with E-state index < -0.39 is 6.10 Å². The van der Waals surface area contributed by atoms with E-state index in [1.54, 1.807) is 0 Å². The lowest BCUT2D eigenvalue weighted by molar-refractivity contribution is 0.110. The molecule has 0 aromatic rings. The molecule has 0 rings (SSSR count). The van der Waals surface area contributed by atoms with Crippen LogP contribution in [-0.4, -0.2) is 22.9 Å². The van der Waals surface area contributed by atoms with Gasteiger partial charge in [0.2, 0.25) is 0 Å². The Hall–Kier alpha value is -0.480. The van der Waals surface area contributed by atoms with Crippen LogP contribution in [0.25, 0.3) is 0 Å². The van der Waals surface area contributed by atoms with Gasteiger partial charge in [0.05, 0.1) is 12.7 Å². The van der Waals surface area contributed by atoms with Gasteiger partial charge in [0.1, 0.15) is 0 Å². The van der Waals surface area contributed by atoms with Gasteiger partial charge in [0, 0.05) is 0 Å². The van der Waals surface area contributed by atoms with Gasteiger partial charge in [-0.15, -0.1) is 0 Å². The molecule has 0 saturated heterocycles. The Morgan fingerprint density at radius 3 is 1.86 bits per heavy atom. The molecule has 4 nitrogen and oxygen atoms in total. The average molecular weight is 107 g/mol. The second-order valence-electron chi connectivity index (χ2n) is 1.03. The minimum atomic E-state index is -0.560. The molecule has 1 atom stereocenters. The standard InChI is InChI=1S/C3H8O2.HNO/c1-3(5)2-4;1-2/h3-5H,2H2,1H3;1H. The topological polar surface area (TPSA) is 81.4 Å². The SMILES string of the molecule is CC(O)CO.N=O. The number of hydrogen-bond donors (Lipinski definition) is 3. The summed E-state index contributed by atoms with van der Waals surface area (Å²) >= 11 is 0. The first-order valence-electron chi connectivity index (χ1n) is 1.76. The minimum absolute atomic E-state index is 0.139. The number of nitroso groups, excluding NO2 is 1. The van der Waals surface area contributed by atoms with Crippen LogP contribution in [0, 0.1) is 10.5 Å². The van der Waals surface area contributed by atoms with Crippen molar-refractivity contribution in [2.75, 3.05) is 6.61 Å². The molecule has 1 unspecified atom stereocenters. The van der Waals surface area contributed by atoms with Crippen LogP contribution in [0.1, 0.15) is 6.92 Å². The van der Waals surface area contributed by atoms with E-state index in [0.717, 1.165) is 0 Å². The monoisotopic (exact) mass is 107 g/mol. The second-order valence-corrected chi connectivity index (χ2v) is 1.03. The van der Waals surface area contributed by atoms with E-state index in [-0.39, 0.29) is 6.61 Å². The van der Waals surface area contributed by atoms with Gasteiger partial charge < -0.3 is 10.2 Å². The van der Waals surface area contributed by atoms with E-state index in [1.807, 2.05) is 0 Å². The Bertz CT molecular complexity index is 31.4. The molecule has 4 heteroatoms. The van der Waals surface area contributed by atoms with Crippen molar-refractivity contribution in [2.24, 2.45) is 0 Å². The molecule has 0 spiro atoms. The van der Waals surface area contributed by atoms with E-state index in [9.17, 15) is 0 Å². The van der Waals surface area contributed by atoms with Gasteiger partial charge >= 0.3 is 0 Å². The van der Waals surface area contributed by atoms with Crippen LogP contribution in [-0.2, 0) is 0 Å². The zero-order valence-corrected chi connectivity index (χ0v) is 4.09. The fraction of sp³-hybridized carbons (Fsp3) is 1.00. The molecule has 0 heterocycles. The maximum Gasteiger partial charge on any atom is 0.0742 e. The number of aliphatic hydroxyl groups is 2. The van der Waals surface area contributed by atoms with Gasteiger partial charge in [-0.1, -0.05) is 5.59 Å². The highest BCUT2D eigenvalue weighted by Gasteiger charge is 1.83. The van der Waals surface area contributed by atoms with Crippen LogP contribution in [0.3, 0.4) is 0 Å². The highest BCUT2D eigenvalue weighted by molar-refractivity contribution is 4.33. The first-order valence-corrected chi connectivity index (χ1v) is 1.76. The summed E-state index contributed by atoms with van der Waals surface area (Å²) in [7, 11) is 0. The quantitative estimate of drug-likeness (QED) is 0.402. The molecule has 0 aliphatic heterocycles. The second kappa shape index (κ2) is 9.10. The van der Waals surface area contributed by atoms with Crippen LogP contribution in [0.4, 0.5) is 0 Å². The Morgan fingerprint density at radius 1 is 1.71 bits per heavy atom. The van der Waals surface area contributed by atoms with Crippen molar-refractivity contribution < 1.29 is 10.2 Å². The molecule has 0 aliphatic carbocycles. The van der Waals surface area contributed by atoms with Crippen LogP contribution in [0.2, 0.25) is 0 Å². The molecule has 0 bridgehead atoms. The highest BCUT2D eigenvalue weighted by atomic mass is 16.3. The molecular formula is C3H9NO3. The summed E-state index contributed by atoms with van der Waals surface area (Å²) in [5.74, 6) is 0. The Morgan fingerprint density at radius 2 is 1.86 bits per heavy atom. The van der Waals surface area contributed by atoms with E-state index in [4.69, 9.17) is 15.1 Å². The number of rotatable bonds is 1. The predicted molar refractivity (Wildman–Crippen MR) is 24.9 cm³/mol. The molecule has 3 N–H and O–H groups in total. The molecular weight excluding hydrogens is 98.0 g/mol. The zero-order valence-electron chi connectivity index (χ0n) is 4.09.